The zero-order valence-electron chi connectivity index (χ0n) is 11.2. The number of fused-ring (bicyclic) bond motifs is 1. The molecule has 1 aromatic carbocycles. The lowest BCUT2D eigenvalue weighted by molar-refractivity contribution is -0.138. The molecule has 20 heavy (non-hydrogen) atoms. The zero-order valence-corrected chi connectivity index (χ0v) is 11.2. The highest BCUT2D eigenvalue weighted by Gasteiger charge is 2.35. The minimum atomic E-state index is -0.310. The van der Waals surface area contributed by atoms with Gasteiger partial charge in [0.25, 0.3) is 0 Å². The second-order valence-electron chi connectivity index (χ2n) is 5.47. The van der Waals surface area contributed by atoms with E-state index >= 15 is 0 Å². The Hall–Kier alpha value is -1.62. The van der Waals surface area contributed by atoms with E-state index in [1.165, 1.54) is 12.1 Å². The number of nitrogens with zero attached hydrogens (tertiary/aromatic N) is 1. The number of hydrogen-bond donors (Lipinski definition) is 1. The zero-order chi connectivity index (χ0) is 14.1. The van der Waals surface area contributed by atoms with E-state index in [1.807, 2.05) is 0 Å². The fraction of sp³-hybridized carbons (Fsp3) is 0.533. The maximum absolute atomic E-state index is 13.3. The second kappa shape index (κ2) is 5.40. The lowest BCUT2D eigenvalue weighted by atomic mass is 9.95. The predicted octanol–water partition coefficient (Wildman–Crippen LogP) is 1.36. The van der Waals surface area contributed by atoms with Gasteiger partial charge in [-0.1, -0.05) is 0 Å². The van der Waals surface area contributed by atoms with Gasteiger partial charge in [0.15, 0.2) is 0 Å². The Morgan fingerprint density at radius 2 is 2.35 bits per heavy atom. The van der Waals surface area contributed by atoms with Crippen LogP contribution in [0.4, 0.5) is 4.39 Å². The Labute approximate surface area is 117 Å². The van der Waals surface area contributed by atoms with Crippen molar-refractivity contribution in [1.29, 1.82) is 0 Å². The van der Waals surface area contributed by atoms with Crippen LogP contribution in [-0.2, 0) is 11.2 Å². The number of carbonyl (C=O) groups is 1. The number of aliphatic hydroxyl groups excluding tert-OH is 1. The van der Waals surface area contributed by atoms with E-state index in [1.54, 1.807) is 11.0 Å². The van der Waals surface area contributed by atoms with Crippen molar-refractivity contribution in [2.75, 3.05) is 19.8 Å². The SMILES string of the molecule is O=C(C1COc2ccc(F)cc2C1)N1CCC[C@@H]1CO. The number of hydrogen-bond acceptors (Lipinski definition) is 3. The number of amides is 1. The van der Waals surface area contributed by atoms with Gasteiger partial charge in [0.2, 0.25) is 5.91 Å². The van der Waals surface area contributed by atoms with Gasteiger partial charge in [0.1, 0.15) is 18.2 Å². The Morgan fingerprint density at radius 1 is 1.50 bits per heavy atom. The molecule has 4 nitrogen and oxygen atoms in total. The number of rotatable bonds is 2. The van der Waals surface area contributed by atoms with Gasteiger partial charge in [-0.3, -0.25) is 4.79 Å². The quantitative estimate of drug-likeness (QED) is 0.889. The summed E-state index contributed by atoms with van der Waals surface area (Å²) in [5.41, 5.74) is 0.745. The summed E-state index contributed by atoms with van der Waals surface area (Å²) >= 11 is 0. The summed E-state index contributed by atoms with van der Waals surface area (Å²) in [6.07, 6.45) is 2.28. The molecular weight excluding hydrogens is 261 g/mol. The Balaban J connectivity index is 1.74. The molecule has 1 fully saturated rings. The smallest absolute Gasteiger partial charge is 0.229 e. The highest BCUT2D eigenvalue weighted by Crippen LogP contribution is 2.30. The van der Waals surface area contributed by atoms with E-state index in [-0.39, 0.29) is 30.3 Å². The average molecular weight is 279 g/mol. The minimum absolute atomic E-state index is 0.00450. The van der Waals surface area contributed by atoms with Crippen molar-refractivity contribution >= 4 is 5.91 Å². The number of halogens is 1. The maximum Gasteiger partial charge on any atom is 0.229 e. The monoisotopic (exact) mass is 279 g/mol. The summed E-state index contributed by atoms with van der Waals surface area (Å²) in [5, 5.41) is 9.30. The fourth-order valence-electron chi connectivity index (χ4n) is 3.07. The van der Waals surface area contributed by atoms with E-state index < -0.39 is 0 Å². The summed E-state index contributed by atoms with van der Waals surface area (Å²) in [7, 11) is 0. The maximum atomic E-state index is 13.3. The minimum Gasteiger partial charge on any atom is -0.492 e. The molecule has 2 aliphatic rings. The van der Waals surface area contributed by atoms with E-state index in [0.717, 1.165) is 18.4 Å². The molecular formula is C15H18FNO3. The van der Waals surface area contributed by atoms with E-state index in [9.17, 15) is 14.3 Å². The lowest BCUT2D eigenvalue weighted by Crippen LogP contribution is -2.44. The summed E-state index contributed by atoms with van der Waals surface area (Å²) in [4.78, 5) is 14.3. The summed E-state index contributed by atoms with van der Waals surface area (Å²) in [6, 6.07) is 4.33. The Bertz CT molecular complexity index is 520. The van der Waals surface area contributed by atoms with Crippen LogP contribution in [0, 0.1) is 11.7 Å². The van der Waals surface area contributed by atoms with Crippen LogP contribution in [-0.4, -0.2) is 41.7 Å². The predicted molar refractivity (Wildman–Crippen MR) is 70.9 cm³/mol. The van der Waals surface area contributed by atoms with Gasteiger partial charge in [-0.05, 0) is 43.0 Å². The lowest BCUT2D eigenvalue weighted by Gasteiger charge is -2.30. The molecule has 108 valence electrons. The fourth-order valence-corrected chi connectivity index (χ4v) is 3.07. The summed E-state index contributed by atoms with van der Waals surface area (Å²) in [5.74, 6) is 0.0818. The summed E-state index contributed by atoms with van der Waals surface area (Å²) in [6.45, 7) is 1.02. The van der Waals surface area contributed by atoms with E-state index in [0.29, 0.717) is 25.3 Å². The molecule has 1 aromatic rings. The van der Waals surface area contributed by atoms with Crippen molar-refractivity contribution in [3.05, 3.63) is 29.6 Å². The van der Waals surface area contributed by atoms with Crippen LogP contribution in [0.25, 0.3) is 0 Å². The first-order valence-corrected chi connectivity index (χ1v) is 7.01. The van der Waals surface area contributed by atoms with Crippen LogP contribution in [0.2, 0.25) is 0 Å². The molecule has 1 N–H and O–H groups in total. The number of benzene rings is 1. The average Bonchev–Trinajstić information content (AvgIpc) is 2.94. The third-order valence-corrected chi connectivity index (χ3v) is 4.15. The highest BCUT2D eigenvalue weighted by atomic mass is 19.1. The van der Waals surface area contributed by atoms with Gasteiger partial charge in [-0.2, -0.15) is 0 Å². The normalized spacial score (nSPS) is 25.2. The molecule has 0 aliphatic carbocycles. The van der Waals surface area contributed by atoms with Gasteiger partial charge < -0.3 is 14.7 Å². The van der Waals surface area contributed by atoms with Crippen LogP contribution < -0.4 is 4.74 Å². The first-order chi connectivity index (χ1) is 9.69. The standard InChI is InChI=1S/C15H18FNO3/c16-12-3-4-14-10(7-12)6-11(9-20-14)15(19)17-5-1-2-13(17)8-18/h3-4,7,11,13,18H,1-2,5-6,8-9H2/t11?,13-/m1/s1. The van der Waals surface area contributed by atoms with Gasteiger partial charge >= 0.3 is 0 Å². The van der Waals surface area contributed by atoms with Crippen molar-refractivity contribution in [1.82, 2.24) is 4.90 Å². The van der Waals surface area contributed by atoms with Crippen LogP contribution in [0.1, 0.15) is 18.4 Å². The van der Waals surface area contributed by atoms with Crippen molar-refractivity contribution in [3.8, 4) is 5.75 Å². The molecule has 3 rings (SSSR count). The topological polar surface area (TPSA) is 49.8 Å². The number of carbonyl (C=O) groups excluding carboxylic acids is 1. The van der Waals surface area contributed by atoms with Crippen LogP contribution in [0.15, 0.2) is 18.2 Å². The molecule has 0 saturated carbocycles. The number of aliphatic hydroxyl groups is 1. The molecule has 1 amide bonds. The van der Waals surface area contributed by atoms with E-state index in [4.69, 9.17) is 4.74 Å². The van der Waals surface area contributed by atoms with Crippen LogP contribution >= 0.6 is 0 Å². The van der Waals surface area contributed by atoms with Crippen LogP contribution in [0.5, 0.6) is 5.75 Å². The largest absolute Gasteiger partial charge is 0.492 e. The molecule has 2 atom stereocenters. The molecule has 0 aromatic heterocycles. The second-order valence-corrected chi connectivity index (χ2v) is 5.47. The van der Waals surface area contributed by atoms with E-state index in [2.05, 4.69) is 0 Å². The third kappa shape index (κ3) is 2.38. The van der Waals surface area contributed by atoms with Crippen molar-refractivity contribution in [2.24, 2.45) is 5.92 Å². The molecule has 5 heteroatoms. The molecule has 0 spiro atoms. The number of likely N-dealkylation sites (tertiary alicyclic amines) is 1. The molecule has 0 bridgehead atoms. The van der Waals surface area contributed by atoms with Crippen molar-refractivity contribution < 1.29 is 19.0 Å². The molecule has 1 unspecified atom stereocenters. The molecule has 1 saturated heterocycles. The van der Waals surface area contributed by atoms with Crippen molar-refractivity contribution in [3.63, 3.8) is 0 Å². The van der Waals surface area contributed by atoms with Gasteiger partial charge in [-0.25, -0.2) is 4.39 Å². The Kier molecular flexibility index (Phi) is 3.61. The summed E-state index contributed by atoms with van der Waals surface area (Å²) < 4.78 is 18.8. The molecule has 2 heterocycles. The molecule has 2 aliphatic heterocycles. The van der Waals surface area contributed by atoms with Gasteiger partial charge in [0.05, 0.1) is 18.6 Å². The Morgan fingerprint density at radius 3 is 3.15 bits per heavy atom. The van der Waals surface area contributed by atoms with Gasteiger partial charge in [-0.15, -0.1) is 0 Å². The number of ether oxygens (including phenoxy) is 1. The third-order valence-electron chi connectivity index (χ3n) is 4.15. The highest BCUT2D eigenvalue weighted by molar-refractivity contribution is 5.80. The van der Waals surface area contributed by atoms with Crippen molar-refractivity contribution in [2.45, 2.75) is 25.3 Å². The first-order valence-electron chi connectivity index (χ1n) is 7.01. The van der Waals surface area contributed by atoms with Gasteiger partial charge in [0, 0.05) is 6.54 Å². The first kappa shape index (κ1) is 13.4. The molecule has 0 radical (unpaired) electrons. The van der Waals surface area contributed by atoms with Crippen LogP contribution in [0.3, 0.4) is 0 Å².